The molecule has 1 unspecified atom stereocenters. The van der Waals surface area contributed by atoms with E-state index < -0.39 is 47.3 Å². The van der Waals surface area contributed by atoms with Crippen molar-refractivity contribution in [3.63, 3.8) is 0 Å². The van der Waals surface area contributed by atoms with Gasteiger partial charge in [-0.05, 0) is 51.1 Å². The highest BCUT2D eigenvalue weighted by molar-refractivity contribution is 8.76. The molecule has 12 nitrogen and oxygen atoms in total. The lowest BCUT2D eigenvalue weighted by atomic mass is 9.72. The van der Waals surface area contributed by atoms with E-state index in [-0.39, 0.29) is 43.2 Å². The molecule has 0 radical (unpaired) electrons. The van der Waals surface area contributed by atoms with Gasteiger partial charge in [-0.3, -0.25) is 14.9 Å². The Labute approximate surface area is 300 Å². The molecule has 2 N–H and O–H groups in total. The molecule has 2 saturated heterocycles. The number of halogens is 1. The van der Waals surface area contributed by atoms with E-state index in [1.807, 2.05) is 31.4 Å². The van der Waals surface area contributed by atoms with Crippen molar-refractivity contribution >= 4 is 56.8 Å². The summed E-state index contributed by atoms with van der Waals surface area (Å²) in [5, 5.41) is 14.5. The molecular formula is C34H47ClN2O10S2. The summed E-state index contributed by atoms with van der Waals surface area (Å²) in [6.45, 7) is 6.10. The topological polar surface area (TPSA) is 142 Å². The van der Waals surface area contributed by atoms with Crippen molar-refractivity contribution in [2.45, 2.75) is 88.1 Å². The maximum Gasteiger partial charge on any atom is 0.409 e. The van der Waals surface area contributed by atoms with Crippen molar-refractivity contribution in [2.24, 2.45) is 0 Å². The van der Waals surface area contributed by atoms with Crippen LogP contribution in [0.15, 0.2) is 35.9 Å². The number of allylic oxidation sites excluding steroid dienone is 3. The molecule has 4 aliphatic rings. The maximum atomic E-state index is 13.9. The zero-order valence-electron chi connectivity index (χ0n) is 29.0. The number of esters is 1. The second-order valence-corrected chi connectivity index (χ2v) is 16.0. The number of aliphatic hydroxyl groups is 1. The molecule has 1 aromatic carbocycles. The van der Waals surface area contributed by atoms with Crippen LogP contribution in [-0.4, -0.2) is 105 Å². The quantitative estimate of drug-likeness (QED) is 0.184. The normalized spacial score (nSPS) is 32.2. The molecule has 0 spiro atoms. The number of amides is 2. The summed E-state index contributed by atoms with van der Waals surface area (Å²) in [6, 6.07) is 3.63. The van der Waals surface area contributed by atoms with E-state index in [1.54, 1.807) is 54.6 Å². The molecule has 49 heavy (non-hydrogen) atoms. The number of fused-ring (bicyclic) bond motifs is 6. The summed E-state index contributed by atoms with van der Waals surface area (Å²) >= 11 is 6.73. The first kappa shape index (κ1) is 39.3. The Morgan fingerprint density at radius 3 is 2.61 bits per heavy atom. The number of rotatable bonds is 10. The number of nitrogens with one attached hydrogen (secondary N) is 1. The van der Waals surface area contributed by atoms with Gasteiger partial charge >= 0.3 is 12.1 Å². The summed E-state index contributed by atoms with van der Waals surface area (Å²) in [5.74, 6) is 0.265. The number of anilines is 1. The SMILES string of the molecule is COc1cc2cc(c1Cl)N(C)C(=O)C[C@H](OC(=O)CCOCCSSC)[C@@]1(C)CC(C)(O1)[C@@H]1C[C@@](O)(NC(=O)O1)[C@H](OC)/C=C/C=C(\C)C2. The van der Waals surface area contributed by atoms with Gasteiger partial charge in [0.1, 0.15) is 40.3 Å². The smallest absolute Gasteiger partial charge is 0.409 e. The van der Waals surface area contributed by atoms with Crippen LogP contribution in [0.5, 0.6) is 5.75 Å². The number of carbonyl (C=O) groups is 3. The number of benzene rings is 1. The van der Waals surface area contributed by atoms with Gasteiger partial charge in [0, 0.05) is 32.8 Å². The molecule has 272 valence electrons. The highest BCUT2D eigenvalue weighted by atomic mass is 35.5. The van der Waals surface area contributed by atoms with Crippen molar-refractivity contribution in [1.82, 2.24) is 5.32 Å². The number of alkyl carbamates (subject to hydrolysis) is 1. The zero-order chi connectivity index (χ0) is 36.0. The molecule has 0 saturated carbocycles. The molecule has 6 atom stereocenters. The highest BCUT2D eigenvalue weighted by Crippen LogP contribution is 2.50. The van der Waals surface area contributed by atoms with E-state index in [0.717, 1.165) is 16.9 Å². The van der Waals surface area contributed by atoms with Crippen LogP contribution in [0.1, 0.15) is 52.0 Å². The third kappa shape index (κ3) is 9.46. The van der Waals surface area contributed by atoms with Crippen LogP contribution in [0.3, 0.4) is 0 Å². The fourth-order valence-electron chi connectivity index (χ4n) is 6.55. The Kier molecular flexibility index (Phi) is 13.4. The fourth-order valence-corrected chi connectivity index (χ4v) is 7.92. The van der Waals surface area contributed by atoms with Gasteiger partial charge in [0.2, 0.25) is 5.91 Å². The Morgan fingerprint density at radius 1 is 1.20 bits per heavy atom. The first-order valence-electron chi connectivity index (χ1n) is 16.0. The largest absolute Gasteiger partial charge is 0.495 e. The molecule has 4 aliphatic heterocycles. The number of hydrogen-bond donors (Lipinski definition) is 2. The predicted molar refractivity (Wildman–Crippen MR) is 190 cm³/mol. The maximum absolute atomic E-state index is 13.9. The third-order valence-electron chi connectivity index (χ3n) is 9.02. The van der Waals surface area contributed by atoms with Crippen molar-refractivity contribution in [3.05, 3.63) is 46.5 Å². The first-order chi connectivity index (χ1) is 23.2. The van der Waals surface area contributed by atoms with Gasteiger partial charge in [0.15, 0.2) is 5.72 Å². The molecule has 0 aromatic heterocycles. The molecule has 1 aromatic rings. The summed E-state index contributed by atoms with van der Waals surface area (Å²) in [7, 11) is 7.85. The van der Waals surface area contributed by atoms with Crippen molar-refractivity contribution < 1.29 is 47.9 Å². The van der Waals surface area contributed by atoms with Gasteiger partial charge < -0.3 is 38.4 Å². The number of ether oxygens (including phenoxy) is 6. The number of methoxy groups -OCH3 is 2. The van der Waals surface area contributed by atoms with E-state index in [2.05, 4.69) is 5.32 Å². The van der Waals surface area contributed by atoms with Crippen molar-refractivity contribution in [2.75, 3.05) is 51.4 Å². The fraction of sp³-hybridized carbons (Fsp3) is 0.618. The van der Waals surface area contributed by atoms with Crippen LogP contribution in [0, 0.1) is 0 Å². The molecular weight excluding hydrogens is 696 g/mol. The molecule has 2 fully saturated rings. The van der Waals surface area contributed by atoms with Gasteiger partial charge in [-0.15, -0.1) is 0 Å². The Balaban J connectivity index is 1.70. The lowest BCUT2D eigenvalue weighted by Crippen LogP contribution is -2.72. The van der Waals surface area contributed by atoms with Gasteiger partial charge in [-0.1, -0.05) is 57.0 Å². The second-order valence-electron chi connectivity index (χ2n) is 12.9. The van der Waals surface area contributed by atoms with Gasteiger partial charge in [0.05, 0.1) is 38.9 Å². The van der Waals surface area contributed by atoms with Crippen LogP contribution in [0.25, 0.3) is 0 Å². The summed E-state index contributed by atoms with van der Waals surface area (Å²) in [5.41, 5.74) is -1.82. The van der Waals surface area contributed by atoms with E-state index in [0.29, 0.717) is 24.5 Å². The Morgan fingerprint density at radius 2 is 1.94 bits per heavy atom. The predicted octanol–water partition coefficient (Wildman–Crippen LogP) is 5.23. The minimum atomic E-state index is -1.81. The van der Waals surface area contributed by atoms with E-state index in [4.69, 9.17) is 40.0 Å². The zero-order valence-corrected chi connectivity index (χ0v) is 31.4. The summed E-state index contributed by atoms with van der Waals surface area (Å²) < 4.78 is 34.9. The third-order valence-corrected chi connectivity index (χ3v) is 11.2. The standard InChI is InChI=1S/C34H47ClN2O10S2/c1-21-9-8-10-25(43-6)34(41)19-27(46-31(40)36-34)33(3)20-32(2,47-33)26(45-29(39)11-12-44-13-14-49-48-7)18-28(38)37(4)23-16-22(15-21)17-24(42-5)30(23)35/h8-10,16-17,25-27,41H,11-15,18-20H2,1-7H3,(H,36,40)/b10-8+,21-9+/t25-,26+,27+,32-,33?,34+/m1/s1. The van der Waals surface area contributed by atoms with Crippen LogP contribution in [0.4, 0.5) is 10.5 Å². The number of hydrogen-bond acceptors (Lipinski definition) is 12. The Bertz CT molecular complexity index is 1440. The molecule has 6 bridgehead atoms. The molecule has 4 heterocycles. The van der Waals surface area contributed by atoms with Crippen LogP contribution in [-0.2, 0) is 39.7 Å². The minimum absolute atomic E-state index is 0.0133. The monoisotopic (exact) mass is 742 g/mol. The van der Waals surface area contributed by atoms with Crippen LogP contribution < -0.4 is 15.0 Å². The van der Waals surface area contributed by atoms with Crippen molar-refractivity contribution in [1.29, 1.82) is 0 Å². The first-order valence-corrected chi connectivity index (χ1v) is 19.1. The summed E-state index contributed by atoms with van der Waals surface area (Å²) in [6.07, 6.45) is 4.04. The van der Waals surface area contributed by atoms with E-state index in [1.165, 1.54) is 19.1 Å². The Hall–Kier alpha value is -2.46. The number of carbonyl (C=O) groups excluding carboxylic acids is 3. The molecule has 0 aliphatic carbocycles. The number of nitrogens with zero attached hydrogens (tertiary/aromatic N) is 1. The average Bonchev–Trinajstić information content (AvgIpc) is 3.03. The average molecular weight is 743 g/mol. The van der Waals surface area contributed by atoms with E-state index in [9.17, 15) is 19.5 Å². The van der Waals surface area contributed by atoms with Crippen molar-refractivity contribution in [3.8, 4) is 5.75 Å². The molecule has 2 amide bonds. The molecule has 5 rings (SSSR count). The lowest BCUT2D eigenvalue weighted by molar-refractivity contribution is -0.328. The second kappa shape index (κ2) is 16.7. The van der Waals surface area contributed by atoms with Crippen LogP contribution >= 0.6 is 33.2 Å². The van der Waals surface area contributed by atoms with Crippen LogP contribution in [0.2, 0.25) is 5.02 Å². The highest BCUT2D eigenvalue weighted by Gasteiger charge is 2.63. The minimum Gasteiger partial charge on any atom is -0.495 e. The van der Waals surface area contributed by atoms with Gasteiger partial charge in [-0.25, -0.2) is 4.79 Å². The lowest BCUT2D eigenvalue weighted by Gasteiger charge is -2.59. The van der Waals surface area contributed by atoms with Gasteiger partial charge in [0.25, 0.3) is 0 Å². The molecule has 15 heteroatoms. The van der Waals surface area contributed by atoms with Gasteiger partial charge in [-0.2, -0.15) is 0 Å². The summed E-state index contributed by atoms with van der Waals surface area (Å²) in [4.78, 5) is 41.3. The van der Waals surface area contributed by atoms with E-state index >= 15 is 0 Å².